The summed E-state index contributed by atoms with van der Waals surface area (Å²) in [7, 11) is 0. The Morgan fingerprint density at radius 2 is 2.13 bits per heavy atom. The van der Waals surface area contributed by atoms with E-state index in [-0.39, 0.29) is 5.91 Å². The van der Waals surface area contributed by atoms with Gasteiger partial charge in [0.05, 0.1) is 17.6 Å². The Bertz CT molecular complexity index is 784. The molecule has 0 saturated carbocycles. The first-order valence-electron chi connectivity index (χ1n) is 7.02. The highest BCUT2D eigenvalue weighted by Gasteiger charge is 2.03. The van der Waals surface area contributed by atoms with Gasteiger partial charge in [-0.3, -0.25) is 14.9 Å². The number of carbonyl (C=O) groups is 1. The first-order valence-corrected chi connectivity index (χ1v) is 7.02. The molecule has 0 aliphatic carbocycles. The number of aromatic amines is 1. The fourth-order valence-electron chi connectivity index (χ4n) is 2.00. The van der Waals surface area contributed by atoms with Crippen molar-refractivity contribution in [1.82, 2.24) is 20.2 Å². The van der Waals surface area contributed by atoms with E-state index in [0.717, 1.165) is 17.0 Å². The van der Waals surface area contributed by atoms with Crippen LogP contribution in [0.3, 0.4) is 0 Å². The fraction of sp³-hybridized carbons (Fsp3) is 0.125. The molecule has 116 valence electrons. The first kappa shape index (κ1) is 14.7. The molecule has 3 rings (SSSR count). The first-order chi connectivity index (χ1) is 11.2. The third-order valence-corrected chi connectivity index (χ3v) is 3.05. The highest BCUT2D eigenvalue weighted by atomic mass is 16.5. The molecule has 0 radical (unpaired) electrons. The number of H-pyrrole nitrogens is 1. The summed E-state index contributed by atoms with van der Waals surface area (Å²) in [6.07, 6.45) is 4.97. The molecular formula is C16H15N5O2. The predicted molar refractivity (Wildman–Crippen MR) is 84.7 cm³/mol. The lowest BCUT2D eigenvalue weighted by Gasteiger charge is -2.08. The lowest BCUT2D eigenvalue weighted by Crippen LogP contribution is -2.08. The van der Waals surface area contributed by atoms with Gasteiger partial charge in [-0.25, -0.2) is 4.98 Å². The Labute approximate surface area is 132 Å². The average Bonchev–Trinajstić information content (AvgIpc) is 3.08. The molecule has 0 aliphatic heterocycles. The molecule has 0 bridgehead atoms. The third-order valence-electron chi connectivity index (χ3n) is 3.05. The van der Waals surface area contributed by atoms with Crippen molar-refractivity contribution < 1.29 is 9.53 Å². The van der Waals surface area contributed by atoms with Crippen LogP contribution in [0.15, 0.2) is 48.9 Å². The number of pyridine rings is 2. The summed E-state index contributed by atoms with van der Waals surface area (Å²) in [4.78, 5) is 19.4. The Morgan fingerprint density at radius 3 is 2.83 bits per heavy atom. The lowest BCUT2D eigenvalue weighted by molar-refractivity contribution is -0.114. The molecule has 7 heteroatoms. The summed E-state index contributed by atoms with van der Waals surface area (Å²) in [5.41, 5.74) is 2.55. The maximum absolute atomic E-state index is 11.0. The fourth-order valence-corrected chi connectivity index (χ4v) is 2.00. The van der Waals surface area contributed by atoms with E-state index in [4.69, 9.17) is 4.74 Å². The van der Waals surface area contributed by atoms with Crippen LogP contribution in [0.1, 0.15) is 12.5 Å². The van der Waals surface area contributed by atoms with Crippen molar-refractivity contribution in [1.29, 1.82) is 0 Å². The van der Waals surface area contributed by atoms with E-state index < -0.39 is 0 Å². The van der Waals surface area contributed by atoms with Crippen molar-refractivity contribution in [2.45, 2.75) is 13.5 Å². The summed E-state index contributed by atoms with van der Waals surface area (Å²) < 4.78 is 5.70. The summed E-state index contributed by atoms with van der Waals surface area (Å²) in [6, 6.07) is 9.16. The number of nitrogens with one attached hydrogen (secondary N) is 2. The molecule has 3 aromatic heterocycles. The van der Waals surface area contributed by atoms with E-state index in [1.807, 2.05) is 24.3 Å². The largest absolute Gasteiger partial charge is 0.487 e. The van der Waals surface area contributed by atoms with Crippen molar-refractivity contribution in [2.24, 2.45) is 0 Å². The van der Waals surface area contributed by atoms with E-state index >= 15 is 0 Å². The molecule has 2 N–H and O–H groups in total. The number of hydrogen-bond donors (Lipinski definition) is 2. The summed E-state index contributed by atoms with van der Waals surface area (Å²) in [6.45, 7) is 1.80. The number of rotatable bonds is 5. The number of amides is 1. The van der Waals surface area contributed by atoms with Crippen LogP contribution < -0.4 is 10.1 Å². The van der Waals surface area contributed by atoms with Crippen molar-refractivity contribution >= 4 is 11.7 Å². The topological polar surface area (TPSA) is 92.8 Å². The second kappa shape index (κ2) is 6.69. The van der Waals surface area contributed by atoms with Gasteiger partial charge in [0, 0.05) is 19.3 Å². The van der Waals surface area contributed by atoms with Gasteiger partial charge in [-0.2, -0.15) is 5.10 Å². The molecule has 0 aliphatic rings. The van der Waals surface area contributed by atoms with E-state index in [1.165, 1.54) is 6.92 Å². The van der Waals surface area contributed by atoms with Crippen molar-refractivity contribution in [3.63, 3.8) is 0 Å². The van der Waals surface area contributed by atoms with Gasteiger partial charge in [0.25, 0.3) is 0 Å². The van der Waals surface area contributed by atoms with Crippen molar-refractivity contribution in [3.05, 3.63) is 54.5 Å². The number of aromatic nitrogens is 4. The minimum absolute atomic E-state index is 0.158. The molecule has 0 fully saturated rings. The maximum Gasteiger partial charge on any atom is 0.222 e. The van der Waals surface area contributed by atoms with Gasteiger partial charge in [0.15, 0.2) is 0 Å². The highest BCUT2D eigenvalue weighted by molar-refractivity contribution is 5.87. The second-order valence-electron chi connectivity index (χ2n) is 4.87. The van der Waals surface area contributed by atoms with Crippen molar-refractivity contribution in [2.75, 3.05) is 5.32 Å². The summed E-state index contributed by atoms with van der Waals surface area (Å²) in [5, 5.41) is 9.39. The molecule has 3 aromatic rings. The number of anilines is 1. The molecule has 0 atom stereocenters. The van der Waals surface area contributed by atoms with E-state index in [2.05, 4.69) is 25.5 Å². The predicted octanol–water partition coefficient (Wildman–Crippen LogP) is 2.40. The molecule has 0 unspecified atom stereocenters. The quantitative estimate of drug-likeness (QED) is 0.755. The molecule has 1 amide bonds. The van der Waals surface area contributed by atoms with Crippen LogP contribution in [0, 0.1) is 0 Å². The second-order valence-corrected chi connectivity index (χ2v) is 4.87. The van der Waals surface area contributed by atoms with Crippen LogP contribution in [0.5, 0.6) is 5.75 Å². The lowest BCUT2D eigenvalue weighted by atomic mass is 10.2. The maximum atomic E-state index is 11.0. The number of nitrogens with zero attached hydrogens (tertiary/aromatic N) is 3. The minimum Gasteiger partial charge on any atom is -0.487 e. The summed E-state index contributed by atoms with van der Waals surface area (Å²) in [5.74, 6) is 1.01. The van der Waals surface area contributed by atoms with Crippen LogP contribution >= 0.6 is 0 Å². The zero-order valence-corrected chi connectivity index (χ0v) is 12.5. The van der Waals surface area contributed by atoms with Gasteiger partial charge in [-0.05, 0) is 35.9 Å². The van der Waals surface area contributed by atoms with Crippen LogP contribution in [-0.2, 0) is 11.4 Å². The van der Waals surface area contributed by atoms with Crippen LogP contribution in [0.2, 0.25) is 0 Å². The van der Waals surface area contributed by atoms with Gasteiger partial charge in [-0.1, -0.05) is 0 Å². The molecular weight excluding hydrogens is 294 g/mol. The normalized spacial score (nSPS) is 10.3. The van der Waals surface area contributed by atoms with E-state index in [1.54, 1.807) is 24.7 Å². The van der Waals surface area contributed by atoms with E-state index in [0.29, 0.717) is 18.2 Å². The Morgan fingerprint density at radius 1 is 1.22 bits per heavy atom. The Hall–Kier alpha value is -3.22. The van der Waals surface area contributed by atoms with Gasteiger partial charge in [-0.15, -0.1) is 0 Å². The summed E-state index contributed by atoms with van der Waals surface area (Å²) >= 11 is 0. The standard InChI is InChI=1S/C16H15N5O2/c1-11(22)20-16-8-12(4-6-17-16)10-23-13-2-3-14(18-9-13)15-5-7-19-21-15/h2-9H,10H2,1H3,(H,19,21)(H,17,20,22). The zero-order chi connectivity index (χ0) is 16.1. The van der Waals surface area contributed by atoms with Crippen LogP contribution in [0.4, 0.5) is 5.82 Å². The monoisotopic (exact) mass is 309 g/mol. The van der Waals surface area contributed by atoms with Crippen molar-refractivity contribution in [3.8, 4) is 17.1 Å². The van der Waals surface area contributed by atoms with Crippen LogP contribution in [-0.4, -0.2) is 26.1 Å². The van der Waals surface area contributed by atoms with Gasteiger partial charge >= 0.3 is 0 Å². The number of carbonyl (C=O) groups excluding carboxylic acids is 1. The molecule has 23 heavy (non-hydrogen) atoms. The minimum atomic E-state index is -0.158. The molecule has 7 nitrogen and oxygen atoms in total. The highest BCUT2D eigenvalue weighted by Crippen LogP contribution is 2.18. The molecule has 0 aromatic carbocycles. The average molecular weight is 309 g/mol. The molecule has 0 saturated heterocycles. The third kappa shape index (κ3) is 3.91. The number of ether oxygens (including phenoxy) is 1. The van der Waals surface area contributed by atoms with Gasteiger partial charge in [0.2, 0.25) is 5.91 Å². The molecule has 3 heterocycles. The Kier molecular flexibility index (Phi) is 4.28. The number of hydrogen-bond acceptors (Lipinski definition) is 5. The van der Waals surface area contributed by atoms with E-state index in [9.17, 15) is 4.79 Å². The Balaban J connectivity index is 1.63. The van der Waals surface area contributed by atoms with Crippen LogP contribution in [0.25, 0.3) is 11.4 Å². The zero-order valence-electron chi connectivity index (χ0n) is 12.5. The smallest absolute Gasteiger partial charge is 0.222 e. The van der Waals surface area contributed by atoms with Gasteiger partial charge in [0.1, 0.15) is 18.2 Å². The SMILES string of the molecule is CC(=O)Nc1cc(COc2ccc(-c3ccn[nH]3)nc2)ccn1. The molecule has 0 spiro atoms. The van der Waals surface area contributed by atoms with Gasteiger partial charge < -0.3 is 10.1 Å².